The molecule has 4 rings (SSSR count). The zero-order valence-electron chi connectivity index (χ0n) is 20.4. The third-order valence-electron chi connectivity index (χ3n) is 6.00. The number of benzene rings is 1. The average molecular weight is 545 g/mol. The molecule has 0 aliphatic heterocycles. The second kappa shape index (κ2) is 12.8. The minimum atomic E-state index is -1.02. The van der Waals surface area contributed by atoms with Crippen LogP contribution in [-0.4, -0.2) is 40.4 Å². The van der Waals surface area contributed by atoms with E-state index in [4.69, 9.17) is 20.5 Å². The quantitative estimate of drug-likeness (QED) is 0.363. The lowest BCUT2D eigenvalue weighted by Gasteiger charge is -2.32. The predicted molar refractivity (Wildman–Crippen MR) is 143 cm³/mol. The third-order valence-corrected chi connectivity index (χ3v) is 7.17. The summed E-state index contributed by atoms with van der Waals surface area (Å²) in [5, 5.41) is 9.99. The van der Waals surface area contributed by atoms with E-state index in [9.17, 15) is 14.4 Å². The highest BCUT2D eigenvalue weighted by molar-refractivity contribution is 8.00. The first-order valence-corrected chi connectivity index (χ1v) is 13.7. The van der Waals surface area contributed by atoms with Gasteiger partial charge < -0.3 is 19.6 Å². The predicted octanol–water partition coefficient (Wildman–Crippen LogP) is 5.12. The smallest absolute Gasteiger partial charge is 0.251 e. The maximum atomic E-state index is 13.6. The van der Waals surface area contributed by atoms with E-state index in [2.05, 4.69) is 15.8 Å². The number of hydrogen-bond donors (Lipinski definition) is 2. The van der Waals surface area contributed by atoms with Gasteiger partial charge >= 0.3 is 0 Å². The molecule has 0 radical (unpaired) electrons. The molecule has 1 aliphatic carbocycles. The summed E-state index contributed by atoms with van der Waals surface area (Å²) in [7, 11) is 0. The Hall–Kier alpha value is -3.24. The van der Waals surface area contributed by atoms with Gasteiger partial charge in [-0.1, -0.05) is 36.0 Å². The SMILES string of the molecule is Cc1cc(NC(=O)CSCC(=O)N(c2ccc(Cl)cc2)[C@H](C(=O)NC2CCCCC2)c2ccco2)no1. The number of amides is 3. The first-order valence-electron chi connectivity index (χ1n) is 12.1. The van der Waals surface area contributed by atoms with E-state index in [-0.39, 0.29) is 35.3 Å². The Morgan fingerprint density at radius 1 is 1.14 bits per heavy atom. The maximum Gasteiger partial charge on any atom is 0.251 e. The number of aryl methyl sites for hydroxylation is 1. The van der Waals surface area contributed by atoms with Gasteiger partial charge in [-0.05, 0) is 56.2 Å². The molecule has 1 fully saturated rings. The highest BCUT2D eigenvalue weighted by Crippen LogP contribution is 2.31. The Morgan fingerprint density at radius 2 is 1.89 bits per heavy atom. The fourth-order valence-electron chi connectivity index (χ4n) is 4.29. The second-order valence-electron chi connectivity index (χ2n) is 8.87. The Morgan fingerprint density at radius 3 is 2.54 bits per heavy atom. The van der Waals surface area contributed by atoms with Crippen molar-refractivity contribution in [3.63, 3.8) is 0 Å². The van der Waals surface area contributed by atoms with Gasteiger partial charge in [-0.3, -0.25) is 19.3 Å². The molecule has 1 aromatic carbocycles. The van der Waals surface area contributed by atoms with Crippen molar-refractivity contribution in [3.8, 4) is 0 Å². The largest absolute Gasteiger partial charge is 0.467 e. The number of rotatable bonds is 10. The van der Waals surface area contributed by atoms with Crippen LogP contribution in [0.2, 0.25) is 5.02 Å². The number of nitrogens with one attached hydrogen (secondary N) is 2. The van der Waals surface area contributed by atoms with Crippen molar-refractivity contribution in [2.75, 3.05) is 21.7 Å². The highest BCUT2D eigenvalue weighted by Gasteiger charge is 2.36. The second-order valence-corrected chi connectivity index (χ2v) is 10.3. The van der Waals surface area contributed by atoms with Gasteiger partial charge in [0.2, 0.25) is 11.8 Å². The van der Waals surface area contributed by atoms with Gasteiger partial charge in [0.1, 0.15) is 11.5 Å². The number of thioether (sulfide) groups is 1. The molecule has 1 aliphatic rings. The molecule has 2 N–H and O–H groups in total. The van der Waals surface area contributed by atoms with Crippen molar-refractivity contribution in [2.45, 2.75) is 51.1 Å². The lowest BCUT2D eigenvalue weighted by atomic mass is 9.95. The molecule has 0 bridgehead atoms. The lowest BCUT2D eigenvalue weighted by molar-refractivity contribution is -0.127. The summed E-state index contributed by atoms with van der Waals surface area (Å²) in [6, 6.07) is 10.7. The van der Waals surface area contributed by atoms with Gasteiger partial charge in [0, 0.05) is 22.8 Å². The minimum Gasteiger partial charge on any atom is -0.467 e. The summed E-state index contributed by atoms with van der Waals surface area (Å²) in [6.07, 6.45) is 6.56. The first-order chi connectivity index (χ1) is 17.9. The number of nitrogens with zero attached hydrogens (tertiary/aromatic N) is 2. The van der Waals surface area contributed by atoms with Crippen LogP contribution in [0.4, 0.5) is 11.5 Å². The van der Waals surface area contributed by atoms with Gasteiger partial charge in [-0.15, -0.1) is 11.8 Å². The van der Waals surface area contributed by atoms with E-state index < -0.39 is 6.04 Å². The van der Waals surface area contributed by atoms with Crippen LogP contribution in [0.15, 0.2) is 57.7 Å². The zero-order chi connectivity index (χ0) is 26.2. The normalized spacial score (nSPS) is 14.6. The molecule has 196 valence electrons. The Balaban J connectivity index is 1.51. The highest BCUT2D eigenvalue weighted by atomic mass is 35.5. The summed E-state index contributed by atoms with van der Waals surface area (Å²) in [6.45, 7) is 1.72. The van der Waals surface area contributed by atoms with Crippen LogP contribution in [-0.2, 0) is 14.4 Å². The molecule has 0 saturated heterocycles. The number of furan rings is 1. The molecule has 0 unspecified atom stereocenters. The van der Waals surface area contributed by atoms with Gasteiger partial charge in [-0.2, -0.15) is 0 Å². The summed E-state index contributed by atoms with van der Waals surface area (Å²) < 4.78 is 10.6. The molecule has 1 atom stereocenters. The van der Waals surface area contributed by atoms with Crippen LogP contribution in [0.5, 0.6) is 0 Å². The van der Waals surface area contributed by atoms with Crippen LogP contribution in [0.1, 0.15) is 49.7 Å². The Kier molecular flexibility index (Phi) is 9.29. The number of carbonyl (C=O) groups is 3. The van der Waals surface area contributed by atoms with Crippen molar-refractivity contribution >= 4 is 52.6 Å². The summed E-state index contributed by atoms with van der Waals surface area (Å²) in [5.41, 5.74) is 0.498. The van der Waals surface area contributed by atoms with Crippen molar-refractivity contribution in [2.24, 2.45) is 0 Å². The molecule has 3 aromatic rings. The number of anilines is 2. The third kappa shape index (κ3) is 7.39. The van der Waals surface area contributed by atoms with E-state index in [1.807, 2.05) is 0 Å². The van der Waals surface area contributed by atoms with E-state index in [0.717, 1.165) is 43.9 Å². The van der Waals surface area contributed by atoms with Crippen molar-refractivity contribution < 1.29 is 23.3 Å². The maximum absolute atomic E-state index is 13.6. The molecule has 9 nitrogen and oxygen atoms in total. The van der Waals surface area contributed by atoms with E-state index >= 15 is 0 Å². The minimum absolute atomic E-state index is 0.0196. The molecular formula is C26H29ClN4O5S. The molecule has 2 heterocycles. The molecule has 11 heteroatoms. The fraction of sp³-hybridized carbons (Fsp3) is 0.385. The topological polar surface area (TPSA) is 118 Å². The number of halogens is 1. The summed E-state index contributed by atoms with van der Waals surface area (Å²) >= 11 is 7.22. The van der Waals surface area contributed by atoms with Crippen LogP contribution in [0.3, 0.4) is 0 Å². The Labute approximate surface area is 224 Å². The summed E-state index contributed by atoms with van der Waals surface area (Å²) in [4.78, 5) is 40.9. The Bertz CT molecular complexity index is 1190. The van der Waals surface area contributed by atoms with Crippen molar-refractivity contribution in [1.82, 2.24) is 10.5 Å². The van der Waals surface area contributed by atoms with Crippen LogP contribution >= 0.6 is 23.4 Å². The standard InChI is InChI=1S/C26H29ClN4O5S/c1-17-14-22(30-36-17)29-23(32)15-37-16-24(33)31(20-11-9-18(27)10-12-20)25(21-8-5-13-35-21)26(34)28-19-6-3-2-4-7-19/h5,8-14,19,25H,2-4,6-7,15-16H2,1H3,(H,28,34)(H,29,30,32)/t25-/m0/s1. The number of aromatic nitrogens is 1. The fourth-order valence-corrected chi connectivity index (χ4v) is 5.09. The molecule has 2 aromatic heterocycles. The van der Waals surface area contributed by atoms with Crippen LogP contribution in [0.25, 0.3) is 0 Å². The first kappa shape index (κ1) is 26.8. The molecule has 1 saturated carbocycles. The van der Waals surface area contributed by atoms with Gasteiger partial charge in [0.05, 0.1) is 17.8 Å². The molecule has 3 amide bonds. The van der Waals surface area contributed by atoms with Gasteiger partial charge in [0.15, 0.2) is 11.9 Å². The molecule has 37 heavy (non-hydrogen) atoms. The van der Waals surface area contributed by atoms with Crippen molar-refractivity contribution in [1.29, 1.82) is 0 Å². The van der Waals surface area contributed by atoms with E-state index in [0.29, 0.717) is 28.0 Å². The van der Waals surface area contributed by atoms with Crippen LogP contribution < -0.4 is 15.5 Å². The number of hydrogen-bond acceptors (Lipinski definition) is 7. The lowest BCUT2D eigenvalue weighted by Crippen LogP contribution is -2.47. The molecule has 0 spiro atoms. The average Bonchev–Trinajstić information content (AvgIpc) is 3.55. The molecular weight excluding hydrogens is 516 g/mol. The monoisotopic (exact) mass is 544 g/mol. The van der Waals surface area contributed by atoms with Gasteiger partial charge in [-0.25, -0.2) is 0 Å². The summed E-state index contributed by atoms with van der Waals surface area (Å²) in [5.74, 6) is 0.240. The van der Waals surface area contributed by atoms with Crippen molar-refractivity contribution in [3.05, 3.63) is 65.3 Å². The van der Waals surface area contributed by atoms with Gasteiger partial charge in [0.25, 0.3) is 5.91 Å². The van der Waals surface area contributed by atoms with Crippen LogP contribution in [0, 0.1) is 6.92 Å². The number of carbonyl (C=O) groups excluding carboxylic acids is 3. The van der Waals surface area contributed by atoms with E-state index in [1.165, 1.54) is 11.2 Å². The zero-order valence-corrected chi connectivity index (χ0v) is 22.0. The van der Waals surface area contributed by atoms with E-state index in [1.54, 1.807) is 49.4 Å².